The van der Waals surface area contributed by atoms with Gasteiger partial charge >= 0.3 is 0 Å². The van der Waals surface area contributed by atoms with Crippen molar-refractivity contribution in [1.82, 2.24) is 10.0 Å². The number of nitrogens with zero attached hydrogens (tertiary/aromatic N) is 1. The maximum atomic E-state index is 12.0. The average molecular weight is 316 g/mol. The summed E-state index contributed by atoms with van der Waals surface area (Å²) in [5.74, 6) is -0.243. The zero-order chi connectivity index (χ0) is 15.2. The molecule has 0 unspecified atom stereocenters. The lowest BCUT2D eigenvalue weighted by atomic mass is 10.2. The van der Waals surface area contributed by atoms with E-state index < -0.39 is 10.0 Å². The molecule has 0 atom stereocenters. The first-order valence-electron chi connectivity index (χ1n) is 5.86. The molecule has 6 nitrogen and oxygen atoms in total. The molecular formula is C12H14ClN3O3S. The molecule has 0 radical (unpaired) electrons. The molecule has 1 aromatic rings. The summed E-state index contributed by atoms with van der Waals surface area (Å²) >= 11 is 5.82. The van der Waals surface area contributed by atoms with E-state index in [1.165, 1.54) is 18.2 Å². The first-order chi connectivity index (χ1) is 9.40. The fraction of sp³-hybridized carbons (Fsp3) is 0.333. The molecule has 1 rings (SSSR count). The minimum absolute atomic E-state index is 0.0227. The maximum Gasteiger partial charge on any atom is 0.242 e. The predicted octanol–water partition coefficient (Wildman–Crippen LogP) is 1.02. The van der Waals surface area contributed by atoms with Gasteiger partial charge in [0, 0.05) is 19.5 Å². The van der Waals surface area contributed by atoms with Crippen LogP contribution in [0.1, 0.15) is 18.9 Å². The minimum atomic E-state index is -3.85. The molecule has 0 aliphatic heterocycles. The SMILES string of the molecule is CCNC(=O)CCNS(=O)(=O)c1cc(C#N)ccc1Cl. The number of sulfonamides is 1. The Morgan fingerprint density at radius 3 is 2.75 bits per heavy atom. The lowest BCUT2D eigenvalue weighted by molar-refractivity contribution is -0.120. The van der Waals surface area contributed by atoms with Crippen molar-refractivity contribution in [3.05, 3.63) is 28.8 Å². The fourth-order valence-corrected chi connectivity index (χ4v) is 3.00. The Bertz CT molecular complexity index is 638. The fourth-order valence-electron chi connectivity index (χ4n) is 1.44. The quantitative estimate of drug-likeness (QED) is 0.818. The molecular weight excluding hydrogens is 302 g/mol. The number of hydrogen-bond acceptors (Lipinski definition) is 4. The van der Waals surface area contributed by atoms with Gasteiger partial charge < -0.3 is 5.32 Å². The zero-order valence-electron chi connectivity index (χ0n) is 10.8. The van der Waals surface area contributed by atoms with Crippen LogP contribution in [0.4, 0.5) is 0 Å². The molecule has 0 saturated carbocycles. The Kier molecular flexibility index (Phi) is 5.95. The monoisotopic (exact) mass is 315 g/mol. The summed E-state index contributed by atoms with van der Waals surface area (Å²) < 4.78 is 26.3. The number of carbonyl (C=O) groups excluding carboxylic acids is 1. The van der Waals surface area contributed by atoms with E-state index >= 15 is 0 Å². The van der Waals surface area contributed by atoms with E-state index in [1.807, 2.05) is 6.07 Å². The summed E-state index contributed by atoms with van der Waals surface area (Å²) in [7, 11) is -3.85. The van der Waals surface area contributed by atoms with Gasteiger partial charge in [-0.2, -0.15) is 5.26 Å². The predicted molar refractivity (Wildman–Crippen MR) is 74.7 cm³/mol. The standard InChI is InChI=1S/C12H14ClN3O3S/c1-2-15-12(17)5-6-16-20(18,19)11-7-9(8-14)3-4-10(11)13/h3-4,7,16H,2,5-6H2,1H3,(H,15,17). The second kappa shape index (κ2) is 7.24. The average Bonchev–Trinajstić information content (AvgIpc) is 2.39. The van der Waals surface area contributed by atoms with Gasteiger partial charge in [0.1, 0.15) is 4.90 Å². The summed E-state index contributed by atoms with van der Waals surface area (Å²) in [4.78, 5) is 11.0. The Labute approximate surface area is 122 Å². The maximum absolute atomic E-state index is 12.0. The Morgan fingerprint density at radius 2 is 2.15 bits per heavy atom. The molecule has 1 aromatic carbocycles. The van der Waals surface area contributed by atoms with Crippen molar-refractivity contribution >= 4 is 27.5 Å². The molecule has 108 valence electrons. The van der Waals surface area contributed by atoms with Crippen LogP contribution in [-0.4, -0.2) is 27.4 Å². The lowest BCUT2D eigenvalue weighted by Crippen LogP contribution is -2.30. The van der Waals surface area contributed by atoms with Crippen molar-refractivity contribution in [2.75, 3.05) is 13.1 Å². The molecule has 0 heterocycles. The van der Waals surface area contributed by atoms with Crippen LogP contribution < -0.4 is 10.0 Å². The molecule has 0 saturated heterocycles. The second-order valence-electron chi connectivity index (χ2n) is 3.86. The molecule has 0 fully saturated rings. The van der Waals surface area contributed by atoms with Gasteiger partial charge in [0.15, 0.2) is 0 Å². The number of halogens is 1. The van der Waals surface area contributed by atoms with Gasteiger partial charge in [0.05, 0.1) is 16.7 Å². The number of carbonyl (C=O) groups is 1. The van der Waals surface area contributed by atoms with E-state index in [-0.39, 0.29) is 34.4 Å². The normalized spacial score (nSPS) is 10.8. The molecule has 8 heteroatoms. The van der Waals surface area contributed by atoms with E-state index in [9.17, 15) is 13.2 Å². The summed E-state index contributed by atoms with van der Waals surface area (Å²) in [5, 5.41) is 11.3. The molecule has 1 amide bonds. The summed E-state index contributed by atoms with van der Waals surface area (Å²) in [6, 6.07) is 5.81. The van der Waals surface area contributed by atoms with Gasteiger partial charge in [-0.05, 0) is 25.1 Å². The van der Waals surface area contributed by atoms with E-state index in [2.05, 4.69) is 10.0 Å². The topological polar surface area (TPSA) is 99.1 Å². The third-order valence-corrected chi connectivity index (χ3v) is 4.31. The molecule has 0 bridgehead atoms. The second-order valence-corrected chi connectivity index (χ2v) is 6.00. The number of hydrogen-bond donors (Lipinski definition) is 2. The van der Waals surface area contributed by atoms with Crippen LogP contribution in [0.2, 0.25) is 5.02 Å². The van der Waals surface area contributed by atoms with Gasteiger partial charge in [0.2, 0.25) is 15.9 Å². The van der Waals surface area contributed by atoms with Crippen LogP contribution in [0.3, 0.4) is 0 Å². The highest BCUT2D eigenvalue weighted by molar-refractivity contribution is 7.89. The molecule has 0 spiro atoms. The van der Waals surface area contributed by atoms with E-state index in [0.29, 0.717) is 6.54 Å². The van der Waals surface area contributed by atoms with E-state index in [0.717, 1.165) is 0 Å². The Balaban J connectivity index is 2.79. The number of nitriles is 1. The first kappa shape index (κ1) is 16.4. The number of nitrogens with one attached hydrogen (secondary N) is 2. The van der Waals surface area contributed by atoms with Gasteiger partial charge in [-0.3, -0.25) is 4.79 Å². The largest absolute Gasteiger partial charge is 0.356 e. The Hall–Kier alpha value is -1.62. The third kappa shape index (κ3) is 4.49. The molecule has 2 N–H and O–H groups in total. The minimum Gasteiger partial charge on any atom is -0.356 e. The number of benzene rings is 1. The van der Waals surface area contributed by atoms with Crippen molar-refractivity contribution in [2.24, 2.45) is 0 Å². The summed E-state index contributed by atoms with van der Waals surface area (Å²) in [5.41, 5.74) is 0.193. The van der Waals surface area contributed by atoms with Crippen LogP contribution in [-0.2, 0) is 14.8 Å². The van der Waals surface area contributed by atoms with Crippen LogP contribution in [0.15, 0.2) is 23.1 Å². The van der Waals surface area contributed by atoms with Crippen molar-refractivity contribution in [2.45, 2.75) is 18.2 Å². The third-order valence-electron chi connectivity index (χ3n) is 2.37. The van der Waals surface area contributed by atoms with Gasteiger partial charge in [-0.25, -0.2) is 13.1 Å². The Morgan fingerprint density at radius 1 is 1.45 bits per heavy atom. The van der Waals surface area contributed by atoms with Crippen molar-refractivity contribution in [1.29, 1.82) is 5.26 Å². The summed E-state index contributed by atoms with van der Waals surface area (Å²) in [6.45, 7) is 2.22. The van der Waals surface area contributed by atoms with Crippen LogP contribution in [0, 0.1) is 11.3 Å². The molecule has 0 aliphatic carbocycles. The van der Waals surface area contributed by atoms with Crippen LogP contribution >= 0.6 is 11.6 Å². The van der Waals surface area contributed by atoms with Crippen molar-refractivity contribution in [3.63, 3.8) is 0 Å². The highest BCUT2D eigenvalue weighted by Gasteiger charge is 2.18. The zero-order valence-corrected chi connectivity index (χ0v) is 12.4. The first-order valence-corrected chi connectivity index (χ1v) is 7.73. The molecule has 0 aromatic heterocycles. The highest BCUT2D eigenvalue weighted by Crippen LogP contribution is 2.22. The smallest absolute Gasteiger partial charge is 0.242 e. The van der Waals surface area contributed by atoms with E-state index in [4.69, 9.17) is 16.9 Å². The van der Waals surface area contributed by atoms with Crippen LogP contribution in [0.25, 0.3) is 0 Å². The van der Waals surface area contributed by atoms with Crippen LogP contribution in [0.5, 0.6) is 0 Å². The molecule has 0 aliphatic rings. The number of amides is 1. The van der Waals surface area contributed by atoms with Gasteiger partial charge in [-0.1, -0.05) is 11.6 Å². The lowest BCUT2D eigenvalue weighted by Gasteiger charge is -2.08. The number of rotatable bonds is 6. The highest BCUT2D eigenvalue weighted by atomic mass is 35.5. The van der Waals surface area contributed by atoms with E-state index in [1.54, 1.807) is 6.92 Å². The van der Waals surface area contributed by atoms with Gasteiger partial charge in [-0.15, -0.1) is 0 Å². The van der Waals surface area contributed by atoms with Gasteiger partial charge in [0.25, 0.3) is 0 Å². The summed E-state index contributed by atoms with van der Waals surface area (Å²) in [6.07, 6.45) is 0.0304. The van der Waals surface area contributed by atoms with Crippen molar-refractivity contribution < 1.29 is 13.2 Å². The molecule has 20 heavy (non-hydrogen) atoms. The van der Waals surface area contributed by atoms with Crippen molar-refractivity contribution in [3.8, 4) is 6.07 Å².